The minimum atomic E-state index is -0.0698. The number of carbonyl (C=O) groups is 1. The van der Waals surface area contributed by atoms with E-state index in [4.69, 9.17) is 27.1 Å². The van der Waals surface area contributed by atoms with E-state index in [9.17, 15) is 4.79 Å². The lowest BCUT2D eigenvalue weighted by Crippen LogP contribution is -2.37. The van der Waals surface area contributed by atoms with E-state index < -0.39 is 0 Å². The first-order chi connectivity index (χ1) is 14.1. The Labute approximate surface area is 178 Å². The lowest BCUT2D eigenvalue weighted by Gasteiger charge is -2.31. The predicted octanol–water partition coefficient (Wildman–Crippen LogP) is 4.48. The summed E-state index contributed by atoms with van der Waals surface area (Å²) in [6.07, 6.45) is 4.31. The summed E-state index contributed by atoms with van der Waals surface area (Å²) in [4.78, 5) is 21.9. The number of halogens is 1. The van der Waals surface area contributed by atoms with E-state index in [-0.39, 0.29) is 5.78 Å². The lowest BCUT2D eigenvalue weighted by molar-refractivity contribution is 0.104. The summed E-state index contributed by atoms with van der Waals surface area (Å²) in [5, 5.41) is 1.59. The van der Waals surface area contributed by atoms with Gasteiger partial charge in [-0.2, -0.15) is 0 Å². The third kappa shape index (κ3) is 3.29. The zero-order valence-electron chi connectivity index (χ0n) is 16.0. The van der Waals surface area contributed by atoms with Crippen molar-refractivity contribution in [1.82, 2.24) is 4.98 Å². The second-order valence-electron chi connectivity index (χ2n) is 7.56. The normalized spacial score (nSPS) is 16.8. The van der Waals surface area contributed by atoms with Crippen LogP contribution in [0.15, 0.2) is 24.3 Å². The van der Waals surface area contributed by atoms with Crippen molar-refractivity contribution in [3.63, 3.8) is 0 Å². The molecule has 1 fully saturated rings. The Morgan fingerprint density at radius 1 is 1.10 bits per heavy atom. The third-order valence-electron chi connectivity index (χ3n) is 5.80. The molecule has 0 unspecified atom stereocenters. The fraction of sp³-hybridized carbons (Fsp3) is 0.364. The summed E-state index contributed by atoms with van der Waals surface area (Å²) in [5.41, 5.74) is 10.3. The second kappa shape index (κ2) is 7.59. The van der Waals surface area contributed by atoms with Crippen LogP contribution in [0.2, 0.25) is 5.02 Å². The van der Waals surface area contributed by atoms with Crippen molar-refractivity contribution in [2.45, 2.75) is 25.7 Å². The fourth-order valence-corrected chi connectivity index (χ4v) is 5.54. The standard InChI is InChI=1S/C22H22ClN3O2S/c23-14-7-5-13(6-8-14)19(27)20-18(24)17-15-3-1-2-4-16(15)21(25-22(17)29-20)26-9-11-28-12-10-26/h5-8H,1-4,9-12,24H2. The molecular formula is C22H22ClN3O2S. The molecule has 5 nitrogen and oxygen atoms in total. The van der Waals surface area contributed by atoms with Crippen molar-refractivity contribution in [3.8, 4) is 0 Å². The largest absolute Gasteiger partial charge is 0.397 e. The Bertz CT molecular complexity index is 1090. The number of benzene rings is 1. The molecule has 0 atom stereocenters. The number of anilines is 2. The molecule has 0 spiro atoms. The number of aromatic nitrogens is 1. The van der Waals surface area contributed by atoms with Crippen molar-refractivity contribution in [2.24, 2.45) is 0 Å². The number of thiophene rings is 1. The van der Waals surface area contributed by atoms with Gasteiger partial charge in [-0.05, 0) is 61.1 Å². The van der Waals surface area contributed by atoms with Gasteiger partial charge in [-0.3, -0.25) is 4.79 Å². The molecule has 0 saturated carbocycles. The number of nitrogen functional groups attached to an aromatic ring is 1. The van der Waals surface area contributed by atoms with Gasteiger partial charge in [0.1, 0.15) is 15.5 Å². The number of carbonyl (C=O) groups excluding carboxylic acids is 1. The number of hydrogen-bond acceptors (Lipinski definition) is 6. The number of pyridine rings is 1. The quantitative estimate of drug-likeness (QED) is 0.624. The minimum absolute atomic E-state index is 0.0698. The Morgan fingerprint density at radius 3 is 2.52 bits per heavy atom. The zero-order valence-corrected chi connectivity index (χ0v) is 17.6. The molecule has 0 bridgehead atoms. The number of morpholine rings is 1. The average Bonchev–Trinajstić information content (AvgIpc) is 3.10. The topological polar surface area (TPSA) is 68.5 Å². The smallest absolute Gasteiger partial charge is 0.205 e. The molecule has 0 amide bonds. The van der Waals surface area contributed by atoms with Crippen LogP contribution in [-0.2, 0) is 17.6 Å². The molecule has 1 aromatic carbocycles. The molecule has 5 rings (SSSR count). The van der Waals surface area contributed by atoms with Crippen molar-refractivity contribution in [3.05, 3.63) is 50.9 Å². The highest BCUT2D eigenvalue weighted by Gasteiger charge is 2.28. The molecule has 1 saturated heterocycles. The van der Waals surface area contributed by atoms with E-state index in [2.05, 4.69) is 4.90 Å². The number of ether oxygens (including phenoxy) is 1. The van der Waals surface area contributed by atoms with Gasteiger partial charge in [0.05, 0.1) is 18.9 Å². The van der Waals surface area contributed by atoms with Crippen LogP contribution < -0.4 is 10.6 Å². The van der Waals surface area contributed by atoms with Crippen LogP contribution in [0.1, 0.15) is 39.2 Å². The summed E-state index contributed by atoms with van der Waals surface area (Å²) in [5.74, 6) is 0.988. The summed E-state index contributed by atoms with van der Waals surface area (Å²) in [6.45, 7) is 3.15. The number of rotatable bonds is 3. The SMILES string of the molecule is Nc1c(C(=O)c2ccc(Cl)cc2)sc2nc(N3CCOCC3)c3c(c12)CCCC3. The van der Waals surface area contributed by atoms with E-state index in [0.29, 0.717) is 21.2 Å². The van der Waals surface area contributed by atoms with E-state index in [1.54, 1.807) is 24.3 Å². The maximum absolute atomic E-state index is 13.1. The predicted molar refractivity (Wildman–Crippen MR) is 119 cm³/mol. The molecule has 7 heteroatoms. The molecule has 150 valence electrons. The first-order valence-electron chi connectivity index (χ1n) is 10.00. The maximum atomic E-state index is 13.1. The lowest BCUT2D eigenvalue weighted by atomic mass is 9.89. The molecule has 1 aliphatic heterocycles. The highest BCUT2D eigenvalue weighted by molar-refractivity contribution is 7.21. The van der Waals surface area contributed by atoms with E-state index >= 15 is 0 Å². The van der Waals surface area contributed by atoms with Gasteiger partial charge in [0, 0.05) is 29.1 Å². The van der Waals surface area contributed by atoms with Crippen LogP contribution in [0.5, 0.6) is 0 Å². The molecule has 0 radical (unpaired) electrons. The van der Waals surface area contributed by atoms with Gasteiger partial charge in [0.15, 0.2) is 0 Å². The van der Waals surface area contributed by atoms with Gasteiger partial charge in [0.2, 0.25) is 5.78 Å². The van der Waals surface area contributed by atoms with Crippen molar-refractivity contribution in [2.75, 3.05) is 36.9 Å². The summed E-state index contributed by atoms with van der Waals surface area (Å²) >= 11 is 7.38. The third-order valence-corrected chi connectivity index (χ3v) is 7.15. The molecule has 29 heavy (non-hydrogen) atoms. The summed E-state index contributed by atoms with van der Waals surface area (Å²) < 4.78 is 5.52. The first kappa shape index (κ1) is 18.9. The van der Waals surface area contributed by atoms with Crippen LogP contribution in [0, 0.1) is 0 Å². The molecule has 3 heterocycles. The molecule has 2 N–H and O–H groups in total. The maximum Gasteiger partial charge on any atom is 0.205 e. The number of nitrogens with two attached hydrogens (primary N) is 1. The van der Waals surface area contributed by atoms with Crippen molar-refractivity contribution in [1.29, 1.82) is 0 Å². The number of nitrogens with zero attached hydrogens (tertiary/aromatic N) is 2. The Morgan fingerprint density at radius 2 is 1.79 bits per heavy atom. The Kier molecular flexibility index (Phi) is 4.94. The Balaban J connectivity index is 1.66. The molecular weight excluding hydrogens is 406 g/mol. The first-order valence-corrected chi connectivity index (χ1v) is 11.2. The summed E-state index contributed by atoms with van der Waals surface area (Å²) in [7, 11) is 0. The molecule has 2 aliphatic rings. The van der Waals surface area contributed by atoms with Gasteiger partial charge in [0.25, 0.3) is 0 Å². The number of ketones is 1. The van der Waals surface area contributed by atoms with Crippen molar-refractivity contribution >= 4 is 50.4 Å². The van der Waals surface area contributed by atoms with Gasteiger partial charge in [-0.25, -0.2) is 4.98 Å². The number of hydrogen-bond donors (Lipinski definition) is 1. The van der Waals surface area contributed by atoms with E-state index in [0.717, 1.165) is 68.0 Å². The molecule has 1 aliphatic carbocycles. The van der Waals surface area contributed by atoms with Gasteiger partial charge in [-0.15, -0.1) is 11.3 Å². The van der Waals surface area contributed by atoms with E-state index in [1.807, 2.05) is 0 Å². The van der Waals surface area contributed by atoms with Crippen LogP contribution in [0.25, 0.3) is 10.2 Å². The fourth-order valence-electron chi connectivity index (χ4n) is 4.33. The highest BCUT2D eigenvalue weighted by Crippen LogP contribution is 2.42. The average molecular weight is 428 g/mol. The van der Waals surface area contributed by atoms with Gasteiger partial charge >= 0.3 is 0 Å². The number of aryl methyl sites for hydroxylation is 1. The number of fused-ring (bicyclic) bond motifs is 3. The van der Waals surface area contributed by atoms with Crippen LogP contribution in [0.3, 0.4) is 0 Å². The minimum Gasteiger partial charge on any atom is -0.397 e. The van der Waals surface area contributed by atoms with Crippen LogP contribution in [-0.4, -0.2) is 37.1 Å². The monoisotopic (exact) mass is 427 g/mol. The molecule has 3 aromatic rings. The second-order valence-corrected chi connectivity index (χ2v) is 9.00. The van der Waals surface area contributed by atoms with E-state index in [1.165, 1.54) is 22.5 Å². The highest BCUT2D eigenvalue weighted by atomic mass is 35.5. The van der Waals surface area contributed by atoms with Gasteiger partial charge < -0.3 is 15.4 Å². The molecule has 2 aromatic heterocycles. The van der Waals surface area contributed by atoms with Crippen LogP contribution >= 0.6 is 22.9 Å². The van der Waals surface area contributed by atoms with Crippen LogP contribution in [0.4, 0.5) is 11.5 Å². The zero-order chi connectivity index (χ0) is 20.0. The Hall–Kier alpha value is -2.15. The van der Waals surface area contributed by atoms with Crippen molar-refractivity contribution < 1.29 is 9.53 Å². The van der Waals surface area contributed by atoms with Gasteiger partial charge in [-0.1, -0.05) is 11.6 Å². The summed E-state index contributed by atoms with van der Waals surface area (Å²) in [6, 6.07) is 6.96.